The van der Waals surface area contributed by atoms with Crippen LogP contribution in [-0.2, 0) is 4.79 Å². The molecule has 0 saturated carbocycles. The van der Waals surface area contributed by atoms with Crippen LogP contribution in [0, 0.1) is 0 Å². The van der Waals surface area contributed by atoms with Gasteiger partial charge in [0.25, 0.3) is 0 Å². The maximum atomic E-state index is 10.9. The van der Waals surface area contributed by atoms with Gasteiger partial charge < -0.3 is 24.7 Å². The van der Waals surface area contributed by atoms with Gasteiger partial charge in [0, 0.05) is 15.7 Å². The van der Waals surface area contributed by atoms with Crippen LogP contribution in [0.15, 0.2) is 52.1 Å². The fourth-order valence-electron chi connectivity index (χ4n) is 2.97. The molecule has 2 aromatic carbocycles. The van der Waals surface area contributed by atoms with Crippen LogP contribution >= 0.6 is 27.7 Å². The minimum Gasteiger partial charge on any atom is -0.546 e. The minimum absolute atomic E-state index is 0.324. The Labute approximate surface area is 185 Å². The van der Waals surface area contributed by atoms with Crippen molar-refractivity contribution in [3.8, 4) is 22.9 Å². The normalized spacial score (nSPS) is 14.5. The minimum atomic E-state index is -1.31. The number of thioether (sulfide) groups is 1. The molecule has 1 N–H and O–H groups in total. The molecule has 4 rings (SSSR count). The van der Waals surface area contributed by atoms with E-state index < -0.39 is 18.8 Å². The molecule has 1 aromatic heterocycles. The summed E-state index contributed by atoms with van der Waals surface area (Å²) in [6.07, 6.45) is -0.694. The van der Waals surface area contributed by atoms with Crippen molar-refractivity contribution in [1.29, 1.82) is 0 Å². The van der Waals surface area contributed by atoms with Crippen molar-refractivity contribution in [2.75, 3.05) is 17.7 Å². The average molecular weight is 488 g/mol. The van der Waals surface area contributed by atoms with Crippen LogP contribution in [0.1, 0.15) is 18.7 Å². The highest BCUT2D eigenvalue weighted by Gasteiger charge is 2.28. The number of carboxylic acid groups (broad SMARTS) is 1. The van der Waals surface area contributed by atoms with Gasteiger partial charge in [-0.25, -0.2) is 0 Å². The second-order valence-corrected chi connectivity index (χ2v) is 8.36. The first-order valence-electron chi connectivity index (χ1n) is 9.07. The van der Waals surface area contributed by atoms with Crippen molar-refractivity contribution < 1.29 is 19.4 Å². The quantitative estimate of drug-likeness (QED) is 0.524. The third-order valence-corrected chi connectivity index (χ3v) is 5.42. The lowest BCUT2D eigenvalue weighted by Gasteiger charge is -2.22. The number of halogens is 1. The number of rotatable bonds is 6. The van der Waals surface area contributed by atoms with Gasteiger partial charge in [-0.2, -0.15) is 4.98 Å². The molecule has 8 nitrogen and oxygen atoms in total. The summed E-state index contributed by atoms with van der Waals surface area (Å²) in [5, 5.41) is 23.2. The third kappa shape index (κ3) is 4.34. The van der Waals surface area contributed by atoms with Crippen LogP contribution in [0.5, 0.6) is 11.6 Å². The highest BCUT2D eigenvalue weighted by atomic mass is 79.9. The Balaban J connectivity index is 1.80. The molecule has 0 saturated heterocycles. The van der Waals surface area contributed by atoms with E-state index in [0.29, 0.717) is 28.0 Å². The van der Waals surface area contributed by atoms with E-state index in [1.807, 2.05) is 31.2 Å². The fraction of sp³-hybridized carbons (Fsp3) is 0.200. The highest BCUT2D eigenvalue weighted by molar-refractivity contribution is 9.10. The van der Waals surface area contributed by atoms with Crippen LogP contribution in [0.3, 0.4) is 0 Å². The smallest absolute Gasteiger partial charge is 0.247 e. The maximum Gasteiger partial charge on any atom is 0.247 e. The van der Waals surface area contributed by atoms with E-state index in [-0.39, 0.29) is 0 Å². The number of nitrogens with zero attached hydrogens (tertiary/aromatic N) is 3. The van der Waals surface area contributed by atoms with Crippen molar-refractivity contribution in [3.05, 3.63) is 52.5 Å². The van der Waals surface area contributed by atoms with Gasteiger partial charge in [-0.05, 0) is 36.1 Å². The summed E-state index contributed by atoms with van der Waals surface area (Å²) in [5.41, 5.74) is 2.67. The first kappa shape index (κ1) is 20.4. The molecule has 154 valence electrons. The van der Waals surface area contributed by atoms with E-state index in [1.165, 1.54) is 11.8 Å². The van der Waals surface area contributed by atoms with Crippen molar-refractivity contribution >= 4 is 39.3 Å². The molecule has 2 heterocycles. The Morgan fingerprint density at radius 2 is 2.13 bits per heavy atom. The third-order valence-electron chi connectivity index (χ3n) is 4.21. The van der Waals surface area contributed by atoms with E-state index in [1.54, 1.807) is 18.2 Å². The Bertz CT molecular complexity index is 1100. The largest absolute Gasteiger partial charge is 0.546 e. The van der Waals surface area contributed by atoms with Crippen molar-refractivity contribution in [2.24, 2.45) is 0 Å². The number of ether oxygens (including phenoxy) is 2. The zero-order chi connectivity index (χ0) is 21.1. The van der Waals surface area contributed by atoms with E-state index >= 15 is 0 Å². The molecular weight excluding hydrogens is 472 g/mol. The molecule has 1 aliphatic heterocycles. The number of fused-ring (bicyclic) bond motifs is 3. The number of nitrogens with one attached hydrogen (secondary N) is 1. The van der Waals surface area contributed by atoms with Crippen LogP contribution in [0.25, 0.3) is 11.3 Å². The summed E-state index contributed by atoms with van der Waals surface area (Å²) in [7, 11) is 0. The summed E-state index contributed by atoms with van der Waals surface area (Å²) in [6.45, 7) is 1.44. The molecule has 0 aliphatic carbocycles. The predicted octanol–water partition coefficient (Wildman–Crippen LogP) is 3.04. The monoisotopic (exact) mass is 487 g/mol. The van der Waals surface area contributed by atoms with Gasteiger partial charge in [-0.1, -0.05) is 46.7 Å². The molecule has 1 atom stereocenters. The van der Waals surface area contributed by atoms with Gasteiger partial charge in [0.15, 0.2) is 5.69 Å². The highest BCUT2D eigenvalue weighted by Crippen LogP contribution is 2.42. The van der Waals surface area contributed by atoms with Crippen LogP contribution in [0.4, 0.5) is 5.69 Å². The van der Waals surface area contributed by atoms with Crippen molar-refractivity contribution in [2.45, 2.75) is 18.3 Å². The summed E-state index contributed by atoms with van der Waals surface area (Å²) >= 11 is 4.95. The van der Waals surface area contributed by atoms with Gasteiger partial charge in [-0.15, -0.1) is 10.2 Å². The topological polar surface area (TPSA) is 109 Å². The first-order chi connectivity index (χ1) is 14.5. The zero-order valence-corrected chi connectivity index (χ0v) is 18.2. The first-order valence-corrected chi connectivity index (χ1v) is 10.8. The number of benzene rings is 2. The van der Waals surface area contributed by atoms with Crippen molar-refractivity contribution in [1.82, 2.24) is 15.2 Å². The molecule has 0 bridgehead atoms. The molecule has 30 heavy (non-hydrogen) atoms. The standard InChI is InChI=1S/C20H17BrN4O4S/c1-2-30-20-23-19-17(24-25-20)13-9-11(21)7-8-14(13)22-18(29-19)12-5-3-4-6-15(12)28-10-16(26)27/h3-9,18,22H,2,10H2,1H3,(H,26,27)/p-1/t18-/m0/s1. The van der Waals surface area contributed by atoms with E-state index in [0.717, 1.165) is 21.5 Å². The number of carbonyl (C=O) groups excluding carboxylic acids is 1. The Morgan fingerprint density at radius 1 is 1.30 bits per heavy atom. The number of carboxylic acids is 1. The molecule has 10 heteroatoms. The summed E-state index contributed by atoms with van der Waals surface area (Å²) < 4.78 is 12.5. The van der Waals surface area contributed by atoms with Gasteiger partial charge in [0.1, 0.15) is 12.4 Å². The fourth-order valence-corrected chi connectivity index (χ4v) is 3.83. The summed E-state index contributed by atoms with van der Waals surface area (Å²) in [4.78, 5) is 15.4. The number of anilines is 1. The molecular formula is C20H16BrN4O4S-. The van der Waals surface area contributed by atoms with Gasteiger partial charge in [-0.3, -0.25) is 0 Å². The molecule has 0 radical (unpaired) electrons. The molecule has 0 unspecified atom stereocenters. The molecule has 1 aliphatic rings. The van der Waals surface area contributed by atoms with Gasteiger partial charge in [0.05, 0.1) is 11.5 Å². The SMILES string of the molecule is CCSc1nnc2c(n1)O[C@@H](c1ccccc1OCC(=O)[O-])Nc1ccc(Br)cc1-2. The van der Waals surface area contributed by atoms with Gasteiger partial charge in [0.2, 0.25) is 17.3 Å². The number of aliphatic carboxylic acids is 1. The Hall–Kier alpha value is -2.85. The van der Waals surface area contributed by atoms with E-state index in [4.69, 9.17) is 9.47 Å². The number of aromatic nitrogens is 3. The Kier molecular flexibility index (Phi) is 6.05. The molecule has 0 fully saturated rings. The van der Waals surface area contributed by atoms with Crippen LogP contribution < -0.4 is 19.9 Å². The van der Waals surface area contributed by atoms with Crippen LogP contribution in [0.2, 0.25) is 0 Å². The van der Waals surface area contributed by atoms with Crippen LogP contribution in [-0.4, -0.2) is 33.5 Å². The van der Waals surface area contributed by atoms with E-state index in [2.05, 4.69) is 36.4 Å². The van der Waals surface area contributed by atoms with Crippen molar-refractivity contribution in [3.63, 3.8) is 0 Å². The lowest BCUT2D eigenvalue weighted by Crippen LogP contribution is -2.29. The Morgan fingerprint density at radius 3 is 2.93 bits per heavy atom. The molecule has 3 aromatic rings. The number of hydrogen-bond acceptors (Lipinski definition) is 9. The number of para-hydroxylation sites is 1. The summed E-state index contributed by atoms with van der Waals surface area (Å²) in [6, 6.07) is 12.7. The number of carbonyl (C=O) groups is 1. The lowest BCUT2D eigenvalue weighted by atomic mass is 10.1. The molecule has 0 amide bonds. The number of hydrogen-bond donors (Lipinski definition) is 1. The molecule has 0 spiro atoms. The zero-order valence-electron chi connectivity index (χ0n) is 15.8. The summed E-state index contributed by atoms with van der Waals surface area (Å²) in [5.74, 6) is 0.180. The van der Waals surface area contributed by atoms with E-state index in [9.17, 15) is 9.90 Å². The lowest BCUT2D eigenvalue weighted by molar-refractivity contribution is -0.307. The second-order valence-electron chi connectivity index (χ2n) is 6.21. The second kappa shape index (κ2) is 8.88. The predicted molar refractivity (Wildman–Crippen MR) is 113 cm³/mol. The maximum absolute atomic E-state index is 10.9. The van der Waals surface area contributed by atoms with Gasteiger partial charge >= 0.3 is 0 Å². The average Bonchev–Trinajstić information content (AvgIpc) is 2.89.